The van der Waals surface area contributed by atoms with Crippen molar-refractivity contribution in [3.05, 3.63) is 0 Å². The summed E-state index contributed by atoms with van der Waals surface area (Å²) in [7, 11) is 1.64. The van der Waals surface area contributed by atoms with E-state index in [1.54, 1.807) is 0 Å². The molecule has 0 aromatic heterocycles. The van der Waals surface area contributed by atoms with Crippen LogP contribution >= 0.6 is 7.82 Å². The van der Waals surface area contributed by atoms with Crippen LogP contribution < -0.4 is 5.32 Å². The molecular weight excluding hydrogens is 840 g/mol. The van der Waals surface area contributed by atoms with E-state index in [4.69, 9.17) is 9.05 Å². The molecule has 3 N–H and O–H groups in total. The van der Waals surface area contributed by atoms with E-state index in [1.807, 2.05) is 21.1 Å². The minimum atomic E-state index is -4.31. The van der Waals surface area contributed by atoms with Gasteiger partial charge in [0, 0.05) is 6.42 Å². The van der Waals surface area contributed by atoms with Gasteiger partial charge in [-0.05, 0) is 12.8 Å². The smallest absolute Gasteiger partial charge is 0.391 e. The van der Waals surface area contributed by atoms with E-state index in [-0.39, 0.29) is 19.1 Å². The van der Waals surface area contributed by atoms with Crippen LogP contribution in [0.5, 0.6) is 0 Å². The number of unbranched alkanes of at least 4 members (excludes halogenated alkanes) is 42. The molecule has 0 spiro atoms. The fraction of sp³-hybridized carbons (Fsp3) is 0.982. The molecule has 66 heavy (non-hydrogen) atoms. The van der Waals surface area contributed by atoms with E-state index in [1.165, 1.54) is 244 Å². The van der Waals surface area contributed by atoms with Gasteiger partial charge < -0.3 is 19.8 Å². The Kier molecular flexibility index (Phi) is 49.1. The van der Waals surface area contributed by atoms with Gasteiger partial charge in [0.2, 0.25) is 5.91 Å². The van der Waals surface area contributed by atoms with E-state index >= 15 is 0 Å². The molecule has 3 unspecified atom stereocenters. The molecule has 0 aromatic rings. The summed E-state index contributed by atoms with van der Waals surface area (Å²) in [5.74, 6) is -0.138. The van der Waals surface area contributed by atoms with Crippen molar-refractivity contribution in [1.82, 2.24) is 5.32 Å². The summed E-state index contributed by atoms with van der Waals surface area (Å²) >= 11 is 0. The van der Waals surface area contributed by atoms with Crippen molar-refractivity contribution in [1.29, 1.82) is 0 Å². The highest BCUT2D eigenvalue weighted by molar-refractivity contribution is 7.47. The fourth-order valence-corrected chi connectivity index (χ4v) is 9.96. The molecule has 0 saturated heterocycles. The quantitative estimate of drug-likeness (QED) is 0.0319. The number of nitrogens with zero attached hydrogens (tertiary/aromatic N) is 1. The predicted molar refractivity (Wildman–Crippen MR) is 286 cm³/mol. The third-order valence-electron chi connectivity index (χ3n) is 13.9. The van der Waals surface area contributed by atoms with E-state index in [0.29, 0.717) is 23.9 Å². The fourth-order valence-electron chi connectivity index (χ4n) is 9.23. The lowest BCUT2D eigenvalue weighted by Crippen LogP contribution is -2.46. The summed E-state index contributed by atoms with van der Waals surface area (Å²) in [6.45, 7) is 4.94. The van der Waals surface area contributed by atoms with Crippen molar-refractivity contribution >= 4 is 13.7 Å². The van der Waals surface area contributed by atoms with Crippen molar-refractivity contribution in [2.24, 2.45) is 0 Å². The van der Waals surface area contributed by atoms with Crippen LogP contribution in [0.1, 0.15) is 309 Å². The Morgan fingerprint density at radius 3 is 1.02 bits per heavy atom. The Morgan fingerprint density at radius 2 is 0.727 bits per heavy atom. The number of rotatable bonds is 55. The van der Waals surface area contributed by atoms with Crippen LogP contribution in [-0.2, 0) is 18.4 Å². The number of nitrogens with one attached hydrogen (secondary N) is 1. The number of amides is 1. The predicted octanol–water partition coefficient (Wildman–Crippen LogP) is 17.7. The van der Waals surface area contributed by atoms with Gasteiger partial charge in [-0.3, -0.25) is 13.8 Å². The molecule has 1 amide bonds. The standard InChI is InChI=1S/C57H117N2O6P/c1-6-8-10-12-14-16-18-20-22-23-24-25-26-27-28-29-30-31-32-33-34-35-36-37-38-40-42-44-46-48-50-56(60)55(54-65-66(62,63)64-53-52-59(3,4)5)58-57(61)51-49-47-45-43-41-39-21-19-17-15-13-11-9-7-2/h55-56,60H,6-54H2,1-5H3,(H-,58,61,62,63)/p+1. The Balaban J connectivity index is 4.00. The maximum absolute atomic E-state index is 13.0. The monoisotopic (exact) mass is 958 g/mol. The van der Waals surface area contributed by atoms with Gasteiger partial charge in [0.25, 0.3) is 0 Å². The molecule has 0 aliphatic heterocycles. The first-order valence-corrected chi connectivity index (χ1v) is 30.9. The number of phosphoric ester groups is 1. The highest BCUT2D eigenvalue weighted by Crippen LogP contribution is 2.43. The van der Waals surface area contributed by atoms with Crippen molar-refractivity contribution in [2.45, 2.75) is 321 Å². The lowest BCUT2D eigenvalue weighted by atomic mass is 10.0. The number of likely N-dealkylation sites (N-methyl/N-ethyl adjacent to an activating group) is 1. The molecule has 3 atom stereocenters. The average molecular weight is 959 g/mol. The van der Waals surface area contributed by atoms with Crippen molar-refractivity contribution in [3.8, 4) is 0 Å². The molecule has 0 aromatic carbocycles. The maximum atomic E-state index is 13.0. The summed E-state index contributed by atoms with van der Waals surface area (Å²) in [4.78, 5) is 23.3. The number of carbonyl (C=O) groups excluding carboxylic acids is 1. The zero-order chi connectivity index (χ0) is 48.5. The van der Waals surface area contributed by atoms with Gasteiger partial charge in [-0.25, -0.2) is 4.57 Å². The number of hydrogen-bond acceptors (Lipinski definition) is 5. The van der Waals surface area contributed by atoms with Crippen LogP contribution in [0.4, 0.5) is 0 Å². The topological polar surface area (TPSA) is 105 Å². The lowest BCUT2D eigenvalue weighted by molar-refractivity contribution is -0.870. The first kappa shape index (κ1) is 65.5. The number of phosphoric acid groups is 1. The van der Waals surface area contributed by atoms with Gasteiger partial charge in [0.05, 0.1) is 39.9 Å². The molecule has 0 rings (SSSR count). The molecule has 396 valence electrons. The second-order valence-corrected chi connectivity index (χ2v) is 23.2. The molecule has 0 heterocycles. The van der Waals surface area contributed by atoms with E-state index in [0.717, 1.165) is 38.5 Å². The summed E-state index contributed by atoms with van der Waals surface area (Å²) in [5, 5.41) is 14.1. The lowest BCUT2D eigenvalue weighted by Gasteiger charge is -2.26. The minimum absolute atomic E-state index is 0.0790. The van der Waals surface area contributed by atoms with Gasteiger partial charge in [-0.1, -0.05) is 290 Å². The normalized spacial score (nSPS) is 13.9. The molecule has 9 heteroatoms. The zero-order valence-corrected chi connectivity index (χ0v) is 46.1. The number of hydrogen-bond donors (Lipinski definition) is 3. The SMILES string of the molecule is CCCCCCCCCCCCCCCCCCCCCCCCCCCCCCCCC(O)C(COP(=O)(O)OCC[N+](C)(C)C)NC(=O)CCCCCCCCCCCCCCCC. The Bertz CT molecular complexity index is 1040. The second kappa shape index (κ2) is 49.5. The van der Waals surface area contributed by atoms with E-state index in [9.17, 15) is 19.4 Å². The van der Waals surface area contributed by atoms with Gasteiger partial charge >= 0.3 is 7.82 Å². The van der Waals surface area contributed by atoms with E-state index in [2.05, 4.69) is 19.2 Å². The summed E-state index contributed by atoms with van der Waals surface area (Å²) < 4.78 is 23.8. The van der Waals surface area contributed by atoms with Crippen LogP contribution in [0.15, 0.2) is 0 Å². The van der Waals surface area contributed by atoms with Crippen LogP contribution in [-0.4, -0.2) is 73.4 Å². The molecular formula is C57H118N2O6P+. The molecule has 0 aliphatic carbocycles. The number of quaternary nitrogens is 1. The summed E-state index contributed by atoms with van der Waals surface area (Å²) in [5.41, 5.74) is 0. The van der Waals surface area contributed by atoms with Gasteiger partial charge in [-0.15, -0.1) is 0 Å². The third-order valence-corrected chi connectivity index (χ3v) is 14.8. The Hall–Kier alpha value is -0.500. The van der Waals surface area contributed by atoms with Crippen molar-refractivity contribution < 1.29 is 32.9 Å². The van der Waals surface area contributed by atoms with E-state index < -0.39 is 20.0 Å². The molecule has 0 radical (unpaired) electrons. The van der Waals surface area contributed by atoms with Crippen molar-refractivity contribution in [2.75, 3.05) is 40.9 Å². The van der Waals surface area contributed by atoms with Gasteiger partial charge in [0.15, 0.2) is 0 Å². The second-order valence-electron chi connectivity index (χ2n) is 21.7. The molecule has 0 bridgehead atoms. The van der Waals surface area contributed by atoms with Gasteiger partial charge in [-0.2, -0.15) is 0 Å². The molecule has 0 saturated carbocycles. The highest BCUT2D eigenvalue weighted by atomic mass is 31.2. The number of aliphatic hydroxyl groups excluding tert-OH is 1. The molecule has 8 nitrogen and oxygen atoms in total. The third kappa shape index (κ3) is 51.4. The Labute approximate surface area is 412 Å². The Morgan fingerprint density at radius 1 is 0.455 bits per heavy atom. The van der Waals surface area contributed by atoms with Gasteiger partial charge in [0.1, 0.15) is 13.2 Å². The van der Waals surface area contributed by atoms with Crippen LogP contribution in [0.2, 0.25) is 0 Å². The highest BCUT2D eigenvalue weighted by Gasteiger charge is 2.28. The maximum Gasteiger partial charge on any atom is 0.472 e. The molecule has 0 fully saturated rings. The first-order chi connectivity index (χ1) is 32.0. The minimum Gasteiger partial charge on any atom is -0.391 e. The first-order valence-electron chi connectivity index (χ1n) is 29.4. The van der Waals surface area contributed by atoms with Crippen molar-refractivity contribution in [3.63, 3.8) is 0 Å². The largest absolute Gasteiger partial charge is 0.472 e. The van der Waals surface area contributed by atoms with Crippen LogP contribution in [0, 0.1) is 0 Å². The van der Waals surface area contributed by atoms with Crippen LogP contribution in [0.3, 0.4) is 0 Å². The summed E-state index contributed by atoms with van der Waals surface area (Å²) in [6, 6.07) is -0.754. The average Bonchev–Trinajstić information content (AvgIpc) is 3.28. The number of carbonyl (C=O) groups is 1. The summed E-state index contributed by atoms with van der Waals surface area (Å²) in [6.07, 6.45) is 58.9. The molecule has 0 aliphatic rings. The number of aliphatic hydroxyl groups is 1. The van der Waals surface area contributed by atoms with Crippen LogP contribution in [0.25, 0.3) is 0 Å². The zero-order valence-electron chi connectivity index (χ0n) is 45.2.